The number of anilines is 2. The standard InChI is InChI=1S/C18H15N5OS/c19-9-12-4-3-5-13(8-12)21-17(24)11-25-10-16-22-15-7-2-1-6-14(15)18(20)23-16/h1-8H,10-11H2,(H,21,24)(H2,20,22,23). The summed E-state index contributed by atoms with van der Waals surface area (Å²) in [7, 11) is 0. The molecule has 0 unspecified atom stereocenters. The van der Waals surface area contributed by atoms with Gasteiger partial charge in [0, 0.05) is 11.1 Å². The highest BCUT2D eigenvalue weighted by Gasteiger charge is 2.07. The number of carbonyl (C=O) groups is 1. The molecule has 0 spiro atoms. The molecule has 0 aliphatic rings. The molecule has 0 aliphatic heterocycles. The SMILES string of the molecule is N#Cc1cccc(NC(=O)CSCc2nc(N)c3ccccc3n2)c1. The first-order valence-electron chi connectivity index (χ1n) is 7.54. The van der Waals surface area contributed by atoms with Gasteiger partial charge >= 0.3 is 0 Å². The van der Waals surface area contributed by atoms with E-state index in [0.717, 1.165) is 10.9 Å². The van der Waals surface area contributed by atoms with E-state index in [1.165, 1.54) is 11.8 Å². The molecule has 25 heavy (non-hydrogen) atoms. The van der Waals surface area contributed by atoms with Crippen LogP contribution < -0.4 is 11.1 Å². The molecule has 2 aromatic carbocycles. The zero-order chi connectivity index (χ0) is 17.6. The summed E-state index contributed by atoms with van der Waals surface area (Å²) in [4.78, 5) is 20.7. The van der Waals surface area contributed by atoms with Crippen LogP contribution in [0.2, 0.25) is 0 Å². The molecule has 6 nitrogen and oxygen atoms in total. The molecule has 1 aromatic heterocycles. The minimum atomic E-state index is -0.145. The average molecular weight is 349 g/mol. The maximum atomic E-state index is 12.0. The Bertz CT molecular complexity index is 967. The highest BCUT2D eigenvalue weighted by molar-refractivity contribution is 7.99. The predicted molar refractivity (Wildman–Crippen MR) is 99.9 cm³/mol. The smallest absolute Gasteiger partial charge is 0.234 e. The lowest BCUT2D eigenvalue weighted by atomic mass is 10.2. The van der Waals surface area contributed by atoms with Gasteiger partial charge in [0.05, 0.1) is 28.7 Å². The molecule has 1 heterocycles. The number of rotatable bonds is 5. The van der Waals surface area contributed by atoms with Crippen LogP contribution in [0.1, 0.15) is 11.4 Å². The van der Waals surface area contributed by atoms with E-state index in [4.69, 9.17) is 11.0 Å². The molecule has 3 aromatic rings. The second kappa shape index (κ2) is 7.64. The van der Waals surface area contributed by atoms with Crippen LogP contribution in [-0.4, -0.2) is 21.6 Å². The Morgan fingerprint density at radius 1 is 1.20 bits per heavy atom. The third-order valence-corrected chi connectivity index (χ3v) is 4.35. The van der Waals surface area contributed by atoms with Gasteiger partial charge in [0.1, 0.15) is 11.6 Å². The Balaban J connectivity index is 1.57. The Labute approximate surface area is 149 Å². The first kappa shape index (κ1) is 16.7. The molecule has 7 heteroatoms. The summed E-state index contributed by atoms with van der Waals surface area (Å²) >= 11 is 1.40. The van der Waals surface area contributed by atoms with E-state index in [1.54, 1.807) is 24.3 Å². The van der Waals surface area contributed by atoms with Gasteiger partial charge in [0.15, 0.2) is 0 Å². The number of fused-ring (bicyclic) bond motifs is 1. The van der Waals surface area contributed by atoms with Crippen LogP contribution in [0.3, 0.4) is 0 Å². The maximum Gasteiger partial charge on any atom is 0.234 e. The number of aromatic nitrogens is 2. The van der Waals surface area contributed by atoms with Gasteiger partial charge in [-0.15, -0.1) is 11.8 Å². The molecule has 0 bridgehead atoms. The average Bonchev–Trinajstić information content (AvgIpc) is 2.62. The lowest BCUT2D eigenvalue weighted by molar-refractivity contribution is -0.113. The van der Waals surface area contributed by atoms with Gasteiger partial charge in [-0.1, -0.05) is 18.2 Å². The number of benzene rings is 2. The van der Waals surface area contributed by atoms with Crippen LogP contribution in [0.15, 0.2) is 48.5 Å². The van der Waals surface area contributed by atoms with Gasteiger partial charge in [-0.2, -0.15) is 5.26 Å². The molecule has 124 valence electrons. The van der Waals surface area contributed by atoms with Gasteiger partial charge in [-0.05, 0) is 30.3 Å². The maximum absolute atomic E-state index is 12.0. The third-order valence-electron chi connectivity index (χ3n) is 3.42. The van der Waals surface area contributed by atoms with Crippen molar-refractivity contribution in [2.24, 2.45) is 0 Å². The number of nitriles is 1. The normalized spacial score (nSPS) is 10.4. The molecule has 0 fully saturated rings. The first-order chi connectivity index (χ1) is 12.2. The summed E-state index contributed by atoms with van der Waals surface area (Å²) in [5, 5.41) is 12.5. The van der Waals surface area contributed by atoms with Crippen LogP contribution in [0, 0.1) is 11.3 Å². The number of nitrogens with two attached hydrogens (primary N) is 1. The van der Waals surface area contributed by atoms with Gasteiger partial charge in [0.25, 0.3) is 0 Å². The van der Waals surface area contributed by atoms with Crippen molar-refractivity contribution < 1.29 is 4.79 Å². The summed E-state index contributed by atoms with van der Waals surface area (Å²) in [6, 6.07) is 16.4. The van der Waals surface area contributed by atoms with Crippen molar-refractivity contribution in [3.63, 3.8) is 0 Å². The quantitative estimate of drug-likeness (QED) is 0.734. The van der Waals surface area contributed by atoms with Crippen molar-refractivity contribution in [1.82, 2.24) is 9.97 Å². The van der Waals surface area contributed by atoms with Crippen molar-refractivity contribution in [2.75, 3.05) is 16.8 Å². The third kappa shape index (κ3) is 4.25. The van der Waals surface area contributed by atoms with Gasteiger partial charge in [-0.25, -0.2) is 9.97 Å². The van der Waals surface area contributed by atoms with Crippen molar-refractivity contribution in [3.05, 3.63) is 59.9 Å². The zero-order valence-electron chi connectivity index (χ0n) is 13.3. The molecule has 0 saturated carbocycles. The molecular weight excluding hydrogens is 334 g/mol. The van der Waals surface area contributed by atoms with E-state index in [9.17, 15) is 4.79 Å². The van der Waals surface area contributed by atoms with Crippen molar-refractivity contribution in [2.45, 2.75) is 5.75 Å². The Kier molecular flexibility index (Phi) is 5.11. The fraction of sp³-hybridized carbons (Fsp3) is 0.111. The van der Waals surface area contributed by atoms with Crippen LogP contribution in [0.25, 0.3) is 10.9 Å². The lowest BCUT2D eigenvalue weighted by Crippen LogP contribution is -2.14. The van der Waals surface area contributed by atoms with Crippen LogP contribution in [0.4, 0.5) is 11.5 Å². The lowest BCUT2D eigenvalue weighted by Gasteiger charge is -2.06. The Hall–Kier alpha value is -3.11. The molecule has 1 amide bonds. The summed E-state index contributed by atoms with van der Waals surface area (Å²) in [6.45, 7) is 0. The number of hydrogen-bond acceptors (Lipinski definition) is 6. The van der Waals surface area contributed by atoms with E-state index in [-0.39, 0.29) is 11.7 Å². The van der Waals surface area contributed by atoms with Gasteiger partial charge in [0.2, 0.25) is 5.91 Å². The van der Waals surface area contributed by atoms with E-state index in [2.05, 4.69) is 15.3 Å². The number of thioether (sulfide) groups is 1. The minimum absolute atomic E-state index is 0.145. The van der Waals surface area contributed by atoms with Crippen molar-refractivity contribution in [1.29, 1.82) is 5.26 Å². The molecule has 3 N–H and O–H groups in total. The number of nitrogens with one attached hydrogen (secondary N) is 1. The number of para-hydroxylation sites is 1. The molecule has 0 aliphatic carbocycles. The summed E-state index contributed by atoms with van der Waals surface area (Å²) in [5.74, 6) is 1.64. The first-order valence-corrected chi connectivity index (χ1v) is 8.70. The summed E-state index contributed by atoms with van der Waals surface area (Å²) < 4.78 is 0. The molecule has 0 radical (unpaired) electrons. The van der Waals surface area contributed by atoms with Gasteiger partial charge in [-0.3, -0.25) is 4.79 Å². The molecular formula is C18H15N5OS. The Morgan fingerprint density at radius 2 is 2.04 bits per heavy atom. The van der Waals surface area contributed by atoms with Crippen molar-refractivity contribution >= 4 is 40.1 Å². The van der Waals surface area contributed by atoms with Crippen LogP contribution >= 0.6 is 11.8 Å². The largest absolute Gasteiger partial charge is 0.383 e. The highest BCUT2D eigenvalue weighted by Crippen LogP contribution is 2.19. The summed E-state index contributed by atoms with van der Waals surface area (Å²) in [5.41, 5.74) is 7.86. The van der Waals surface area contributed by atoms with Crippen LogP contribution in [-0.2, 0) is 10.5 Å². The topological polar surface area (TPSA) is 105 Å². The molecule has 0 atom stereocenters. The zero-order valence-corrected chi connectivity index (χ0v) is 14.1. The number of carbonyl (C=O) groups excluding carboxylic acids is 1. The van der Waals surface area contributed by atoms with E-state index in [0.29, 0.717) is 28.6 Å². The number of amides is 1. The minimum Gasteiger partial charge on any atom is -0.383 e. The Morgan fingerprint density at radius 3 is 2.88 bits per heavy atom. The van der Waals surface area contributed by atoms with E-state index < -0.39 is 0 Å². The van der Waals surface area contributed by atoms with E-state index in [1.807, 2.05) is 30.3 Å². The number of nitrogen functional groups attached to an aromatic ring is 1. The van der Waals surface area contributed by atoms with Gasteiger partial charge < -0.3 is 11.1 Å². The fourth-order valence-electron chi connectivity index (χ4n) is 2.31. The monoisotopic (exact) mass is 349 g/mol. The number of hydrogen-bond donors (Lipinski definition) is 2. The predicted octanol–water partition coefficient (Wildman–Crippen LogP) is 2.96. The van der Waals surface area contributed by atoms with Crippen molar-refractivity contribution in [3.8, 4) is 6.07 Å². The molecule has 0 saturated heterocycles. The van der Waals surface area contributed by atoms with E-state index >= 15 is 0 Å². The highest BCUT2D eigenvalue weighted by atomic mass is 32.2. The summed E-state index contributed by atoms with van der Waals surface area (Å²) in [6.07, 6.45) is 0. The fourth-order valence-corrected chi connectivity index (χ4v) is 2.99. The van der Waals surface area contributed by atoms with Crippen LogP contribution in [0.5, 0.6) is 0 Å². The molecule has 3 rings (SSSR count). The number of nitrogens with zero attached hydrogens (tertiary/aromatic N) is 3. The second-order valence-corrected chi connectivity index (χ2v) is 6.26. The second-order valence-electron chi connectivity index (χ2n) is 5.28.